The van der Waals surface area contributed by atoms with Crippen LogP contribution in [-0.2, 0) is 6.42 Å². The highest BCUT2D eigenvalue weighted by molar-refractivity contribution is 5.98. The summed E-state index contributed by atoms with van der Waals surface area (Å²) in [6.45, 7) is 0. The second kappa shape index (κ2) is 5.51. The molecule has 0 unspecified atom stereocenters. The summed E-state index contributed by atoms with van der Waals surface area (Å²) in [5, 5.41) is 2.29. The summed E-state index contributed by atoms with van der Waals surface area (Å²) < 4.78 is 5.27. The molecule has 2 aromatic carbocycles. The number of nitrogens with zero attached hydrogens (tertiary/aromatic N) is 1. The molecule has 0 spiro atoms. The zero-order valence-electron chi connectivity index (χ0n) is 13.0. The van der Waals surface area contributed by atoms with Crippen molar-refractivity contribution in [2.24, 2.45) is 0 Å². The minimum absolute atomic E-state index is 0.218. The average Bonchev–Trinajstić information content (AvgIpc) is 2.60. The maximum Gasteiger partial charge on any atom is 0.164 e. The normalized spacial score (nSPS) is 13.9. The smallest absolute Gasteiger partial charge is 0.164 e. The van der Waals surface area contributed by atoms with Crippen molar-refractivity contribution in [2.75, 3.05) is 7.11 Å². The number of aryl methyl sites for hydroxylation is 1. The van der Waals surface area contributed by atoms with Gasteiger partial charge in [-0.25, -0.2) is 0 Å². The number of rotatable bonds is 2. The van der Waals surface area contributed by atoms with Gasteiger partial charge in [-0.05, 0) is 53.9 Å². The predicted octanol–water partition coefficient (Wildman–Crippen LogP) is 4.43. The summed E-state index contributed by atoms with van der Waals surface area (Å²) in [6, 6.07) is 16.2. The molecule has 1 aliphatic rings. The van der Waals surface area contributed by atoms with E-state index in [-0.39, 0.29) is 5.78 Å². The summed E-state index contributed by atoms with van der Waals surface area (Å²) in [6.07, 6.45) is 2.44. The maximum atomic E-state index is 11.9. The van der Waals surface area contributed by atoms with E-state index in [0.29, 0.717) is 6.42 Å². The lowest BCUT2D eigenvalue weighted by Crippen LogP contribution is -2.12. The Morgan fingerprint density at radius 1 is 0.957 bits per heavy atom. The summed E-state index contributed by atoms with van der Waals surface area (Å²) in [5.74, 6) is 1.08. The topological polar surface area (TPSA) is 39.2 Å². The first kappa shape index (κ1) is 13.9. The maximum absolute atomic E-state index is 11.9. The minimum atomic E-state index is 0.218. The van der Waals surface area contributed by atoms with Crippen molar-refractivity contribution in [3.63, 3.8) is 0 Å². The van der Waals surface area contributed by atoms with E-state index in [9.17, 15) is 4.79 Å². The van der Waals surface area contributed by atoms with Crippen LogP contribution in [0.15, 0.2) is 48.5 Å². The first-order valence-electron chi connectivity index (χ1n) is 7.86. The highest BCUT2D eigenvalue weighted by Gasteiger charge is 2.18. The minimum Gasteiger partial charge on any atom is -0.497 e. The Bertz CT molecular complexity index is 915. The fourth-order valence-corrected chi connectivity index (χ4v) is 3.17. The lowest BCUT2D eigenvalue weighted by Gasteiger charge is -2.14. The predicted molar refractivity (Wildman–Crippen MR) is 91.0 cm³/mol. The summed E-state index contributed by atoms with van der Waals surface area (Å²) in [7, 11) is 1.67. The molecular formula is C20H17NO2. The third kappa shape index (κ3) is 2.48. The molecule has 3 heteroatoms. The third-order valence-electron chi connectivity index (χ3n) is 4.44. The number of fused-ring (bicyclic) bond motifs is 2. The van der Waals surface area contributed by atoms with Crippen LogP contribution in [0.2, 0.25) is 0 Å². The number of ketones is 1. The van der Waals surface area contributed by atoms with Crippen LogP contribution in [0.5, 0.6) is 5.75 Å². The highest BCUT2D eigenvalue weighted by atomic mass is 16.5. The summed E-state index contributed by atoms with van der Waals surface area (Å²) >= 11 is 0. The fraction of sp³-hybridized carbons (Fsp3) is 0.200. The van der Waals surface area contributed by atoms with E-state index in [2.05, 4.69) is 24.3 Å². The molecule has 1 heterocycles. The second-order valence-electron chi connectivity index (χ2n) is 5.90. The van der Waals surface area contributed by atoms with E-state index >= 15 is 0 Å². The lowest BCUT2D eigenvalue weighted by molar-refractivity contribution is 0.0971. The van der Waals surface area contributed by atoms with Gasteiger partial charge in [-0.15, -0.1) is 0 Å². The van der Waals surface area contributed by atoms with Crippen molar-refractivity contribution in [2.45, 2.75) is 19.3 Å². The zero-order chi connectivity index (χ0) is 15.8. The Labute approximate surface area is 134 Å². The molecule has 0 aliphatic heterocycles. The van der Waals surface area contributed by atoms with Gasteiger partial charge < -0.3 is 4.74 Å². The second-order valence-corrected chi connectivity index (χ2v) is 5.90. The number of pyridine rings is 1. The molecule has 0 saturated heterocycles. The van der Waals surface area contributed by atoms with Gasteiger partial charge in [0.15, 0.2) is 5.78 Å². The van der Waals surface area contributed by atoms with Crippen molar-refractivity contribution < 1.29 is 9.53 Å². The Morgan fingerprint density at radius 3 is 2.65 bits per heavy atom. The molecule has 0 fully saturated rings. The molecule has 4 rings (SSSR count). The number of benzene rings is 2. The van der Waals surface area contributed by atoms with E-state index in [1.54, 1.807) is 7.11 Å². The average molecular weight is 303 g/mol. The first-order chi connectivity index (χ1) is 11.2. The molecule has 1 aromatic heterocycles. The van der Waals surface area contributed by atoms with Gasteiger partial charge in [0.05, 0.1) is 18.5 Å². The molecule has 0 saturated carbocycles. The van der Waals surface area contributed by atoms with Gasteiger partial charge in [-0.3, -0.25) is 9.78 Å². The first-order valence-corrected chi connectivity index (χ1v) is 7.86. The van der Waals surface area contributed by atoms with Crippen LogP contribution in [0.3, 0.4) is 0 Å². The molecule has 0 amide bonds. The monoisotopic (exact) mass is 303 g/mol. The van der Waals surface area contributed by atoms with Crippen LogP contribution in [0.1, 0.15) is 28.9 Å². The largest absolute Gasteiger partial charge is 0.497 e. The van der Waals surface area contributed by atoms with Crippen molar-refractivity contribution in [1.82, 2.24) is 4.98 Å². The van der Waals surface area contributed by atoms with Gasteiger partial charge in [-0.2, -0.15) is 0 Å². The molecule has 0 radical (unpaired) electrons. The van der Waals surface area contributed by atoms with Crippen molar-refractivity contribution in [3.05, 3.63) is 59.8 Å². The van der Waals surface area contributed by atoms with Crippen LogP contribution in [-0.4, -0.2) is 17.9 Å². The molecule has 0 N–H and O–H groups in total. The number of ether oxygens (including phenoxy) is 1. The number of Topliss-reactive ketones (excluding diaryl/α,β-unsaturated/α-hetero) is 1. The fourth-order valence-electron chi connectivity index (χ4n) is 3.17. The molecule has 3 aromatic rings. The number of carbonyl (C=O) groups excluding carboxylic acids is 1. The SMILES string of the molecule is COc1ccc2cc(-c3ccc4c(n3)CCCC4=O)ccc2c1. The standard InChI is InChI=1S/C20H17NO2/c1-23-16-8-7-13-11-15(6-5-14(13)12-16)18-10-9-17-19(21-18)3-2-4-20(17)22/h5-12H,2-4H2,1H3. The van der Waals surface area contributed by atoms with Gasteiger partial charge in [0.1, 0.15) is 5.75 Å². The Hall–Kier alpha value is -2.68. The summed E-state index contributed by atoms with van der Waals surface area (Å²) in [5.41, 5.74) is 3.73. The number of aromatic nitrogens is 1. The van der Waals surface area contributed by atoms with Crippen LogP contribution in [0.4, 0.5) is 0 Å². The van der Waals surface area contributed by atoms with Gasteiger partial charge in [-0.1, -0.05) is 18.2 Å². The quantitative estimate of drug-likeness (QED) is 0.703. The number of carbonyl (C=O) groups is 1. The molecule has 3 nitrogen and oxygen atoms in total. The van der Waals surface area contributed by atoms with Gasteiger partial charge in [0.25, 0.3) is 0 Å². The number of hydrogen-bond donors (Lipinski definition) is 0. The van der Waals surface area contributed by atoms with E-state index < -0.39 is 0 Å². The van der Waals surface area contributed by atoms with Gasteiger partial charge in [0.2, 0.25) is 0 Å². The van der Waals surface area contributed by atoms with Crippen LogP contribution in [0.25, 0.3) is 22.0 Å². The molecule has 114 valence electrons. The molecular weight excluding hydrogens is 286 g/mol. The van der Waals surface area contributed by atoms with Gasteiger partial charge in [0, 0.05) is 17.5 Å². The third-order valence-corrected chi connectivity index (χ3v) is 4.44. The molecule has 1 aliphatic carbocycles. The Kier molecular flexibility index (Phi) is 3.34. The highest BCUT2D eigenvalue weighted by Crippen LogP contribution is 2.28. The Morgan fingerprint density at radius 2 is 1.78 bits per heavy atom. The molecule has 23 heavy (non-hydrogen) atoms. The van der Waals surface area contributed by atoms with E-state index in [1.807, 2.05) is 24.3 Å². The van der Waals surface area contributed by atoms with Crippen LogP contribution >= 0.6 is 0 Å². The Balaban J connectivity index is 1.78. The van der Waals surface area contributed by atoms with Crippen LogP contribution in [0, 0.1) is 0 Å². The van der Waals surface area contributed by atoms with Crippen molar-refractivity contribution in [1.29, 1.82) is 0 Å². The molecule has 0 bridgehead atoms. The zero-order valence-corrected chi connectivity index (χ0v) is 13.0. The van der Waals surface area contributed by atoms with Crippen molar-refractivity contribution in [3.8, 4) is 17.0 Å². The van der Waals surface area contributed by atoms with E-state index in [0.717, 1.165) is 51.9 Å². The lowest BCUT2D eigenvalue weighted by atomic mass is 9.94. The van der Waals surface area contributed by atoms with Gasteiger partial charge >= 0.3 is 0 Å². The van der Waals surface area contributed by atoms with Crippen LogP contribution < -0.4 is 4.74 Å². The number of methoxy groups -OCH3 is 1. The summed E-state index contributed by atoms with van der Waals surface area (Å²) in [4.78, 5) is 16.6. The molecule has 0 atom stereocenters. The van der Waals surface area contributed by atoms with Crippen molar-refractivity contribution >= 4 is 16.6 Å². The van der Waals surface area contributed by atoms with E-state index in [4.69, 9.17) is 9.72 Å². The van der Waals surface area contributed by atoms with E-state index in [1.165, 1.54) is 0 Å². The number of hydrogen-bond acceptors (Lipinski definition) is 3.